The van der Waals surface area contributed by atoms with E-state index in [0.717, 1.165) is 23.4 Å². The zero-order valence-electron chi connectivity index (χ0n) is 10.2. The van der Waals surface area contributed by atoms with Crippen LogP contribution < -0.4 is 10.6 Å². The summed E-state index contributed by atoms with van der Waals surface area (Å²) in [6.45, 7) is 2.56. The van der Waals surface area contributed by atoms with E-state index in [9.17, 15) is 4.79 Å². The monoisotopic (exact) mass is 244 g/mol. The van der Waals surface area contributed by atoms with Crippen molar-refractivity contribution in [3.05, 3.63) is 48.0 Å². The van der Waals surface area contributed by atoms with E-state index < -0.39 is 0 Å². The quantitative estimate of drug-likeness (QED) is 0.770. The predicted molar refractivity (Wildman–Crippen MR) is 70.5 cm³/mol. The summed E-state index contributed by atoms with van der Waals surface area (Å²) in [6.07, 6.45) is 4.11. The second-order valence-corrected chi connectivity index (χ2v) is 4.08. The van der Waals surface area contributed by atoms with Crippen molar-refractivity contribution < 1.29 is 4.79 Å². The lowest BCUT2D eigenvalue weighted by Gasteiger charge is -2.07. The summed E-state index contributed by atoms with van der Waals surface area (Å²) in [5.74, 6) is 0. The number of imidazole rings is 1. The predicted octanol–water partition coefficient (Wildman–Crippen LogP) is 2.08. The molecule has 0 fully saturated rings. The fraction of sp³-hybridized carbons (Fsp3) is 0.231. The highest BCUT2D eigenvalue weighted by atomic mass is 16.2. The molecule has 0 radical (unpaired) electrons. The molecular weight excluding hydrogens is 228 g/mol. The van der Waals surface area contributed by atoms with Gasteiger partial charge in [-0.25, -0.2) is 9.78 Å². The molecule has 18 heavy (non-hydrogen) atoms. The average Bonchev–Trinajstić information content (AvgIpc) is 2.82. The Balaban J connectivity index is 1.75. The van der Waals surface area contributed by atoms with Crippen LogP contribution in [-0.2, 0) is 6.42 Å². The lowest BCUT2D eigenvalue weighted by Crippen LogP contribution is -2.30. The summed E-state index contributed by atoms with van der Waals surface area (Å²) < 4.78 is 0. The number of H-pyrrole nitrogens is 1. The number of carbonyl (C=O) groups excluding carboxylic acids is 1. The van der Waals surface area contributed by atoms with Crippen molar-refractivity contribution >= 4 is 11.7 Å². The smallest absolute Gasteiger partial charge is 0.319 e. The molecule has 0 aliphatic carbocycles. The van der Waals surface area contributed by atoms with Gasteiger partial charge in [-0.3, -0.25) is 0 Å². The van der Waals surface area contributed by atoms with Crippen molar-refractivity contribution in [2.24, 2.45) is 0 Å². The molecule has 0 bridgehead atoms. The molecule has 3 N–H and O–H groups in total. The van der Waals surface area contributed by atoms with E-state index in [1.807, 2.05) is 31.2 Å². The minimum Gasteiger partial charge on any atom is -0.348 e. The normalized spacial score (nSPS) is 10.1. The third-order valence-electron chi connectivity index (χ3n) is 2.51. The number of urea groups is 1. The Morgan fingerprint density at radius 2 is 2.33 bits per heavy atom. The standard InChI is InChI=1S/C13H16N4O/c1-10-3-2-4-11(7-10)17-13(18)15-6-5-12-8-14-9-16-12/h2-4,7-9H,5-6H2,1H3,(H,14,16)(H2,15,17,18). The van der Waals surface area contributed by atoms with E-state index >= 15 is 0 Å². The van der Waals surface area contributed by atoms with Crippen LogP contribution in [0.3, 0.4) is 0 Å². The zero-order valence-corrected chi connectivity index (χ0v) is 10.2. The molecule has 2 rings (SSSR count). The van der Waals surface area contributed by atoms with Gasteiger partial charge in [0.15, 0.2) is 0 Å². The van der Waals surface area contributed by atoms with Crippen LogP contribution >= 0.6 is 0 Å². The van der Waals surface area contributed by atoms with Crippen molar-refractivity contribution in [2.45, 2.75) is 13.3 Å². The lowest BCUT2D eigenvalue weighted by molar-refractivity contribution is 0.252. The van der Waals surface area contributed by atoms with Gasteiger partial charge in [0.05, 0.1) is 6.33 Å². The highest BCUT2D eigenvalue weighted by molar-refractivity contribution is 5.89. The summed E-state index contributed by atoms with van der Waals surface area (Å²) in [5, 5.41) is 5.58. The molecule has 1 aromatic heterocycles. The van der Waals surface area contributed by atoms with Crippen molar-refractivity contribution in [1.82, 2.24) is 15.3 Å². The zero-order chi connectivity index (χ0) is 12.8. The molecule has 0 saturated heterocycles. The van der Waals surface area contributed by atoms with Crippen molar-refractivity contribution in [2.75, 3.05) is 11.9 Å². The van der Waals surface area contributed by atoms with Crippen LogP contribution in [0.15, 0.2) is 36.8 Å². The maximum absolute atomic E-state index is 11.6. The van der Waals surface area contributed by atoms with E-state index in [4.69, 9.17) is 0 Å². The first kappa shape index (κ1) is 12.2. The minimum atomic E-state index is -0.194. The van der Waals surface area contributed by atoms with Crippen molar-refractivity contribution in [3.8, 4) is 0 Å². The molecule has 0 aliphatic heterocycles. The lowest BCUT2D eigenvalue weighted by atomic mass is 10.2. The van der Waals surface area contributed by atoms with E-state index in [2.05, 4.69) is 20.6 Å². The number of nitrogens with one attached hydrogen (secondary N) is 3. The summed E-state index contributed by atoms with van der Waals surface area (Å²) in [4.78, 5) is 18.5. The highest BCUT2D eigenvalue weighted by Gasteiger charge is 2.01. The van der Waals surface area contributed by atoms with Crippen LogP contribution in [0.2, 0.25) is 0 Å². The minimum absolute atomic E-state index is 0.194. The fourth-order valence-corrected chi connectivity index (χ4v) is 1.63. The number of anilines is 1. The molecule has 1 heterocycles. The molecule has 94 valence electrons. The maximum Gasteiger partial charge on any atom is 0.319 e. The van der Waals surface area contributed by atoms with Gasteiger partial charge in [-0.05, 0) is 24.6 Å². The number of nitrogens with zero attached hydrogens (tertiary/aromatic N) is 1. The molecule has 0 unspecified atom stereocenters. The molecule has 2 aromatic rings. The van der Waals surface area contributed by atoms with Crippen LogP contribution in [0.4, 0.5) is 10.5 Å². The molecule has 0 spiro atoms. The number of amides is 2. The number of rotatable bonds is 4. The van der Waals surface area contributed by atoms with Gasteiger partial charge >= 0.3 is 6.03 Å². The van der Waals surface area contributed by atoms with Gasteiger partial charge in [0.2, 0.25) is 0 Å². The van der Waals surface area contributed by atoms with Gasteiger partial charge in [-0.15, -0.1) is 0 Å². The number of aromatic amines is 1. The van der Waals surface area contributed by atoms with Crippen molar-refractivity contribution in [1.29, 1.82) is 0 Å². The number of carbonyl (C=O) groups is 1. The molecule has 0 saturated carbocycles. The van der Waals surface area contributed by atoms with Crippen molar-refractivity contribution in [3.63, 3.8) is 0 Å². The van der Waals surface area contributed by atoms with Gasteiger partial charge in [-0.2, -0.15) is 0 Å². The topological polar surface area (TPSA) is 69.8 Å². The number of benzene rings is 1. The van der Waals surface area contributed by atoms with Crippen LogP contribution in [0.5, 0.6) is 0 Å². The van der Waals surface area contributed by atoms with Gasteiger partial charge in [-0.1, -0.05) is 12.1 Å². The van der Waals surface area contributed by atoms with E-state index in [0.29, 0.717) is 6.54 Å². The number of hydrogen-bond donors (Lipinski definition) is 3. The van der Waals surface area contributed by atoms with Gasteiger partial charge in [0.1, 0.15) is 0 Å². The first-order chi connectivity index (χ1) is 8.74. The van der Waals surface area contributed by atoms with E-state index in [-0.39, 0.29) is 6.03 Å². The Bertz CT molecular complexity index is 507. The average molecular weight is 244 g/mol. The Labute approximate surface area is 106 Å². The SMILES string of the molecule is Cc1cccc(NC(=O)NCCc2cnc[nH]2)c1. The summed E-state index contributed by atoms with van der Waals surface area (Å²) in [6, 6.07) is 7.49. The Hall–Kier alpha value is -2.30. The molecular formula is C13H16N4O. The van der Waals surface area contributed by atoms with Crippen LogP contribution in [0, 0.1) is 6.92 Å². The first-order valence-corrected chi connectivity index (χ1v) is 5.83. The molecule has 5 nitrogen and oxygen atoms in total. The second kappa shape index (κ2) is 5.86. The third-order valence-corrected chi connectivity index (χ3v) is 2.51. The van der Waals surface area contributed by atoms with Gasteiger partial charge in [0.25, 0.3) is 0 Å². The van der Waals surface area contributed by atoms with Gasteiger partial charge < -0.3 is 15.6 Å². The summed E-state index contributed by atoms with van der Waals surface area (Å²) in [7, 11) is 0. The number of hydrogen-bond acceptors (Lipinski definition) is 2. The molecule has 1 aromatic carbocycles. The molecule has 2 amide bonds. The molecule has 0 atom stereocenters. The van der Waals surface area contributed by atoms with Crippen LogP contribution in [-0.4, -0.2) is 22.5 Å². The largest absolute Gasteiger partial charge is 0.348 e. The summed E-state index contributed by atoms with van der Waals surface area (Å²) in [5.41, 5.74) is 2.92. The Morgan fingerprint density at radius 1 is 1.44 bits per heavy atom. The summed E-state index contributed by atoms with van der Waals surface area (Å²) >= 11 is 0. The van der Waals surface area contributed by atoms with Crippen LogP contribution in [0.1, 0.15) is 11.3 Å². The van der Waals surface area contributed by atoms with Crippen LogP contribution in [0.25, 0.3) is 0 Å². The Morgan fingerprint density at radius 3 is 3.06 bits per heavy atom. The second-order valence-electron chi connectivity index (χ2n) is 4.08. The maximum atomic E-state index is 11.6. The highest BCUT2D eigenvalue weighted by Crippen LogP contribution is 2.08. The first-order valence-electron chi connectivity index (χ1n) is 5.83. The third kappa shape index (κ3) is 3.62. The number of aryl methyl sites for hydroxylation is 1. The van der Waals surface area contributed by atoms with E-state index in [1.165, 1.54) is 0 Å². The molecule has 0 aliphatic rings. The fourth-order valence-electron chi connectivity index (χ4n) is 1.63. The number of aromatic nitrogens is 2. The van der Waals surface area contributed by atoms with Gasteiger partial charge in [0, 0.05) is 30.5 Å². The molecule has 5 heteroatoms. The van der Waals surface area contributed by atoms with E-state index in [1.54, 1.807) is 12.5 Å². The Kier molecular flexibility index (Phi) is 3.96.